The zero-order chi connectivity index (χ0) is 30.3. The van der Waals surface area contributed by atoms with Gasteiger partial charge in [-0.25, -0.2) is 9.97 Å². The van der Waals surface area contributed by atoms with Crippen LogP contribution in [0, 0.1) is 5.92 Å². The third kappa shape index (κ3) is 4.20. The molecule has 1 saturated heterocycles. The first-order valence-electron chi connectivity index (χ1n) is 15.6. The molecule has 4 aliphatic heterocycles. The van der Waals surface area contributed by atoms with E-state index in [1.807, 2.05) is 54.6 Å². The second-order valence-corrected chi connectivity index (χ2v) is 12.8. The molecule has 10 rings (SSSR count). The van der Waals surface area contributed by atoms with Crippen molar-refractivity contribution in [2.75, 3.05) is 13.6 Å². The number of hydrogen-bond donors (Lipinski definition) is 4. The molecule has 7 heterocycles. The van der Waals surface area contributed by atoms with Gasteiger partial charge in [0.2, 0.25) is 0 Å². The zero-order valence-corrected chi connectivity index (χ0v) is 24.8. The second kappa shape index (κ2) is 9.79. The van der Waals surface area contributed by atoms with Crippen molar-refractivity contribution in [3.05, 3.63) is 107 Å². The molecule has 0 amide bonds. The molecule has 224 valence electrons. The van der Waals surface area contributed by atoms with Crippen molar-refractivity contribution in [1.29, 1.82) is 0 Å². The van der Waals surface area contributed by atoms with Gasteiger partial charge in [-0.05, 0) is 111 Å². The number of nitrogens with one attached hydrogen (secondary N) is 2. The van der Waals surface area contributed by atoms with Crippen LogP contribution in [0.5, 0.6) is 11.5 Å². The van der Waals surface area contributed by atoms with Crippen LogP contribution in [-0.2, 0) is 11.8 Å². The Morgan fingerprint density at radius 3 is 2.04 bits per heavy atom. The number of hydrogen-bond acceptors (Lipinski definition) is 6. The maximum Gasteiger partial charge on any atom is 0.165 e. The average Bonchev–Trinajstić information content (AvgIpc) is 3.86. The minimum Gasteiger partial charge on any atom is -0.504 e. The number of aromatic hydroxyl groups is 1. The highest BCUT2D eigenvalue weighted by molar-refractivity contribution is 5.77. The van der Waals surface area contributed by atoms with Crippen LogP contribution in [0.25, 0.3) is 46.4 Å². The van der Waals surface area contributed by atoms with Crippen LogP contribution < -0.4 is 4.74 Å². The number of piperidine rings is 1. The number of likely N-dealkylation sites (tertiary alicyclic amines) is 1. The molecule has 2 aliphatic carbocycles. The molecule has 10 bridgehead atoms. The van der Waals surface area contributed by atoms with E-state index in [2.05, 4.69) is 68.3 Å². The lowest BCUT2D eigenvalue weighted by Crippen LogP contribution is -2.64. The number of aromatic nitrogens is 4. The van der Waals surface area contributed by atoms with Gasteiger partial charge in [0.1, 0.15) is 12.2 Å². The molecular formula is C37H33N5O3. The van der Waals surface area contributed by atoms with Crippen LogP contribution >= 0.6 is 0 Å². The van der Waals surface area contributed by atoms with E-state index in [1.165, 1.54) is 11.1 Å². The Balaban J connectivity index is 0.000000126. The predicted molar refractivity (Wildman–Crippen MR) is 176 cm³/mol. The van der Waals surface area contributed by atoms with Crippen LogP contribution in [0.15, 0.2) is 72.8 Å². The molecule has 45 heavy (non-hydrogen) atoms. The molecule has 0 saturated carbocycles. The van der Waals surface area contributed by atoms with Crippen molar-refractivity contribution in [3.63, 3.8) is 0 Å². The first-order chi connectivity index (χ1) is 21.9. The molecule has 6 aliphatic rings. The number of aliphatic hydroxyl groups is 1. The highest BCUT2D eigenvalue weighted by atomic mass is 16.5. The van der Waals surface area contributed by atoms with Crippen LogP contribution in [0.3, 0.4) is 0 Å². The van der Waals surface area contributed by atoms with Crippen molar-refractivity contribution in [2.24, 2.45) is 5.92 Å². The summed E-state index contributed by atoms with van der Waals surface area (Å²) in [4.78, 5) is 18.5. The van der Waals surface area contributed by atoms with Crippen molar-refractivity contribution < 1.29 is 14.9 Å². The normalized spacial score (nSPS) is 26.6. The summed E-state index contributed by atoms with van der Waals surface area (Å²) in [5.41, 5.74) is 10.2. The molecule has 8 heteroatoms. The standard InChI is InChI=1S/C20H14N4.C17H19NO3/c1-2-14-10-16-5-6-18(23-16)12-20-8-7-19(24-20)11-17-4-3-15(22-17)9-13(1)21-14;1-18-7-6-17-10-3-5-13(20)16(17)21-15-12(19)4-2-9(14(15)17)8-11(10)18/h1-12,21-22H;2-5,10-11,13,16,19-20H,6-8H2,1H3/t;10-,11+,13-,16-,17-/m.0/s1. The number of phenols is 1. The summed E-state index contributed by atoms with van der Waals surface area (Å²) in [5, 5.41) is 20.6. The van der Waals surface area contributed by atoms with Gasteiger partial charge in [0.15, 0.2) is 11.5 Å². The Hall–Kier alpha value is -4.92. The summed E-state index contributed by atoms with van der Waals surface area (Å²) in [7, 11) is 2.19. The van der Waals surface area contributed by atoms with E-state index in [4.69, 9.17) is 4.74 Å². The minimum absolute atomic E-state index is 0.160. The maximum absolute atomic E-state index is 10.4. The molecule has 3 aromatic heterocycles. The Kier molecular flexibility index (Phi) is 5.76. The molecule has 4 N–H and O–H groups in total. The Morgan fingerprint density at radius 1 is 0.800 bits per heavy atom. The number of ether oxygens (including phenoxy) is 1. The minimum atomic E-state index is -0.594. The fourth-order valence-electron chi connectivity index (χ4n) is 8.18. The van der Waals surface area contributed by atoms with Crippen LogP contribution in [0.2, 0.25) is 0 Å². The summed E-state index contributed by atoms with van der Waals surface area (Å²) in [6.45, 7) is 1.01. The van der Waals surface area contributed by atoms with Gasteiger partial charge < -0.3 is 29.8 Å². The maximum atomic E-state index is 10.4. The zero-order valence-electron chi connectivity index (χ0n) is 24.8. The van der Waals surface area contributed by atoms with Gasteiger partial charge in [0, 0.05) is 45.0 Å². The van der Waals surface area contributed by atoms with Crippen LogP contribution in [-0.4, -0.2) is 66.9 Å². The van der Waals surface area contributed by atoms with E-state index in [-0.39, 0.29) is 17.3 Å². The summed E-state index contributed by atoms with van der Waals surface area (Å²) in [5.74, 6) is 1.19. The van der Waals surface area contributed by atoms with Gasteiger partial charge in [-0.3, -0.25) is 0 Å². The molecule has 0 radical (unpaired) electrons. The lowest BCUT2D eigenvalue weighted by molar-refractivity contribution is -0.0453. The predicted octanol–water partition coefficient (Wildman–Crippen LogP) is 5.85. The third-order valence-corrected chi connectivity index (χ3v) is 10.2. The van der Waals surface area contributed by atoms with Crippen molar-refractivity contribution >= 4 is 46.4 Å². The first-order valence-corrected chi connectivity index (χ1v) is 15.6. The van der Waals surface area contributed by atoms with Crippen LogP contribution in [0.4, 0.5) is 0 Å². The summed E-state index contributed by atoms with van der Waals surface area (Å²) in [6.07, 6.45) is 13.2. The fourth-order valence-corrected chi connectivity index (χ4v) is 8.18. The number of H-pyrrole nitrogens is 2. The number of fused-ring (bicyclic) bond motifs is 8. The van der Waals surface area contributed by atoms with Gasteiger partial charge >= 0.3 is 0 Å². The molecule has 1 fully saturated rings. The number of aromatic amines is 2. The van der Waals surface area contributed by atoms with Gasteiger partial charge in [-0.2, -0.15) is 0 Å². The Bertz CT molecular complexity index is 2030. The highest BCUT2D eigenvalue weighted by Gasteiger charge is 2.64. The summed E-state index contributed by atoms with van der Waals surface area (Å²) >= 11 is 0. The van der Waals surface area contributed by atoms with Gasteiger partial charge in [0.05, 0.1) is 22.8 Å². The quantitative estimate of drug-likeness (QED) is 0.164. The fraction of sp³-hybridized carbons (Fsp3) is 0.243. The number of likely N-dealkylation sites (N-methyl/N-ethyl adjacent to an activating group) is 1. The Morgan fingerprint density at radius 2 is 1.40 bits per heavy atom. The molecule has 1 aromatic carbocycles. The third-order valence-electron chi connectivity index (χ3n) is 10.2. The first kappa shape index (κ1) is 26.5. The Labute approximate surface area is 260 Å². The molecule has 5 atom stereocenters. The number of aliphatic hydroxyl groups excluding tert-OH is 1. The molecule has 4 aromatic rings. The smallest absolute Gasteiger partial charge is 0.165 e. The number of benzene rings is 1. The van der Waals surface area contributed by atoms with Gasteiger partial charge in [-0.15, -0.1) is 0 Å². The number of rotatable bonds is 0. The van der Waals surface area contributed by atoms with Crippen molar-refractivity contribution in [2.45, 2.75) is 36.5 Å². The van der Waals surface area contributed by atoms with E-state index in [0.29, 0.717) is 17.7 Å². The largest absolute Gasteiger partial charge is 0.504 e. The molecule has 1 spiro atoms. The SMILES string of the molecule is C1=Cc2cc3ccc(cc4ccc(cc5nc(cc1n2)C=C5)[nH]4)[nH]3.CN1CC[C@]23c4c5ccc(O)c4O[C@H]2[C@@H](O)C=C[C@H]3[C@H]1C5. The van der Waals surface area contributed by atoms with Gasteiger partial charge in [-0.1, -0.05) is 18.2 Å². The van der Waals surface area contributed by atoms with Crippen molar-refractivity contribution in [3.8, 4) is 11.5 Å². The number of nitrogens with zero attached hydrogens (tertiary/aromatic N) is 3. The molecular weight excluding hydrogens is 562 g/mol. The highest BCUT2D eigenvalue weighted by Crippen LogP contribution is 2.62. The summed E-state index contributed by atoms with van der Waals surface area (Å²) < 4.78 is 6.09. The summed E-state index contributed by atoms with van der Waals surface area (Å²) in [6, 6.07) is 20.6. The lowest BCUT2D eigenvalue weighted by Gasteiger charge is -2.56. The topological polar surface area (TPSA) is 110 Å². The van der Waals surface area contributed by atoms with E-state index in [9.17, 15) is 10.2 Å². The monoisotopic (exact) mass is 595 g/mol. The van der Waals surface area contributed by atoms with E-state index in [1.54, 1.807) is 6.07 Å². The van der Waals surface area contributed by atoms with Crippen LogP contribution in [0.1, 0.15) is 40.3 Å². The van der Waals surface area contributed by atoms with E-state index >= 15 is 0 Å². The molecule has 8 nitrogen and oxygen atoms in total. The average molecular weight is 596 g/mol. The number of phenolic OH excluding ortho intramolecular Hbond substituents is 1. The second-order valence-electron chi connectivity index (χ2n) is 12.8. The van der Waals surface area contributed by atoms with E-state index < -0.39 is 6.10 Å². The molecule has 0 unspecified atom stereocenters. The lowest BCUT2D eigenvalue weighted by atomic mass is 9.53. The van der Waals surface area contributed by atoms with Gasteiger partial charge in [0.25, 0.3) is 0 Å². The van der Waals surface area contributed by atoms with Crippen molar-refractivity contribution in [1.82, 2.24) is 24.8 Å². The van der Waals surface area contributed by atoms with E-state index in [0.717, 1.165) is 64.2 Å².